The molecule has 1 N–H and O–H groups in total. The molecule has 26 heavy (non-hydrogen) atoms. The Morgan fingerprint density at radius 3 is 2.35 bits per heavy atom. The zero-order valence-electron chi connectivity index (χ0n) is 14.6. The monoisotopic (exact) mass is 379 g/mol. The fraction of sp³-hybridized carbons (Fsp3) is 0.278. The van der Waals surface area contributed by atoms with Crippen LogP contribution in [0.25, 0.3) is 0 Å². The maximum atomic E-state index is 12.4. The molecule has 8 heteroatoms. The van der Waals surface area contributed by atoms with E-state index in [9.17, 15) is 13.2 Å². The molecule has 0 aliphatic heterocycles. The Bertz CT molecular complexity index is 836. The fourth-order valence-electron chi connectivity index (χ4n) is 2.19. The molecule has 0 aliphatic carbocycles. The SMILES string of the molecule is COc1ccc(S(=O)(=O)CCNC(=O)OCc2ccccc2)cc1OC. The lowest BCUT2D eigenvalue weighted by Gasteiger charge is -2.11. The van der Waals surface area contributed by atoms with Crippen molar-refractivity contribution in [1.29, 1.82) is 0 Å². The Morgan fingerprint density at radius 1 is 1.00 bits per heavy atom. The van der Waals surface area contributed by atoms with Crippen LogP contribution >= 0.6 is 0 Å². The van der Waals surface area contributed by atoms with Crippen molar-refractivity contribution in [3.8, 4) is 11.5 Å². The van der Waals surface area contributed by atoms with Crippen LogP contribution in [0.5, 0.6) is 11.5 Å². The molecule has 0 bridgehead atoms. The standard InChI is InChI=1S/C18H21NO6S/c1-23-16-9-8-15(12-17(16)24-2)26(21,22)11-10-19-18(20)25-13-14-6-4-3-5-7-14/h3-9,12H,10-11,13H2,1-2H3,(H,19,20). The first-order chi connectivity index (χ1) is 12.5. The number of methoxy groups -OCH3 is 2. The normalized spacial score (nSPS) is 10.8. The van der Waals surface area contributed by atoms with E-state index < -0.39 is 15.9 Å². The van der Waals surface area contributed by atoms with Gasteiger partial charge in [-0.1, -0.05) is 30.3 Å². The van der Waals surface area contributed by atoms with Crippen molar-refractivity contribution in [2.45, 2.75) is 11.5 Å². The summed E-state index contributed by atoms with van der Waals surface area (Å²) in [5.41, 5.74) is 0.848. The van der Waals surface area contributed by atoms with Crippen molar-refractivity contribution in [2.24, 2.45) is 0 Å². The molecular weight excluding hydrogens is 358 g/mol. The van der Waals surface area contributed by atoms with E-state index in [1.807, 2.05) is 30.3 Å². The fourth-order valence-corrected chi connectivity index (χ4v) is 3.36. The van der Waals surface area contributed by atoms with Crippen molar-refractivity contribution in [1.82, 2.24) is 5.32 Å². The van der Waals surface area contributed by atoms with Crippen molar-refractivity contribution >= 4 is 15.9 Å². The molecule has 0 unspecified atom stereocenters. The molecule has 0 aromatic heterocycles. The second-order valence-corrected chi connectivity index (χ2v) is 7.43. The van der Waals surface area contributed by atoms with Crippen LogP contribution in [0.15, 0.2) is 53.4 Å². The average molecular weight is 379 g/mol. The molecule has 0 saturated carbocycles. The average Bonchev–Trinajstić information content (AvgIpc) is 2.66. The number of hydrogen-bond acceptors (Lipinski definition) is 6. The van der Waals surface area contributed by atoms with Gasteiger partial charge in [-0.05, 0) is 17.7 Å². The first kappa shape index (κ1) is 19.6. The van der Waals surface area contributed by atoms with Gasteiger partial charge in [-0.2, -0.15) is 0 Å². The van der Waals surface area contributed by atoms with Crippen molar-refractivity contribution in [3.05, 3.63) is 54.1 Å². The largest absolute Gasteiger partial charge is 0.493 e. The van der Waals surface area contributed by atoms with Crippen molar-refractivity contribution in [3.63, 3.8) is 0 Å². The third kappa shape index (κ3) is 5.38. The molecule has 0 aliphatic rings. The van der Waals surface area contributed by atoms with Gasteiger partial charge in [0.05, 0.1) is 24.9 Å². The van der Waals surface area contributed by atoms with E-state index in [-0.39, 0.29) is 23.8 Å². The molecule has 0 atom stereocenters. The summed E-state index contributed by atoms with van der Waals surface area (Å²) in [6.45, 7) is 0.0550. The first-order valence-corrected chi connectivity index (χ1v) is 9.51. The number of carbonyl (C=O) groups excluding carboxylic acids is 1. The van der Waals surface area contributed by atoms with E-state index in [1.165, 1.54) is 32.4 Å². The van der Waals surface area contributed by atoms with Crippen LogP contribution in [-0.2, 0) is 21.2 Å². The molecule has 0 heterocycles. The van der Waals surface area contributed by atoms with Crippen LogP contribution in [0.1, 0.15) is 5.56 Å². The number of amides is 1. The molecule has 2 aromatic rings. The van der Waals surface area contributed by atoms with E-state index in [2.05, 4.69) is 5.32 Å². The van der Waals surface area contributed by atoms with Gasteiger partial charge in [0.2, 0.25) is 0 Å². The molecular formula is C18H21NO6S. The zero-order chi connectivity index (χ0) is 19.0. The summed E-state index contributed by atoms with van der Waals surface area (Å²) in [4.78, 5) is 11.8. The third-order valence-electron chi connectivity index (χ3n) is 3.57. The summed E-state index contributed by atoms with van der Waals surface area (Å²) < 4.78 is 40.0. The van der Waals surface area contributed by atoms with Gasteiger partial charge in [-0.25, -0.2) is 13.2 Å². The van der Waals surface area contributed by atoms with Crippen LogP contribution in [0.2, 0.25) is 0 Å². The Balaban J connectivity index is 1.87. The molecule has 1 amide bonds. The van der Waals surface area contributed by atoms with E-state index in [0.29, 0.717) is 11.5 Å². The van der Waals surface area contributed by atoms with Gasteiger partial charge in [-0.3, -0.25) is 0 Å². The number of rotatable bonds is 8. The number of benzene rings is 2. The first-order valence-electron chi connectivity index (χ1n) is 7.85. The highest BCUT2D eigenvalue weighted by Gasteiger charge is 2.17. The predicted octanol–water partition coefficient (Wildman–Crippen LogP) is 2.40. The molecule has 2 aromatic carbocycles. The van der Waals surface area contributed by atoms with Gasteiger partial charge >= 0.3 is 6.09 Å². The number of carbonyl (C=O) groups is 1. The smallest absolute Gasteiger partial charge is 0.407 e. The molecule has 140 valence electrons. The van der Waals surface area contributed by atoms with Gasteiger partial charge in [0.15, 0.2) is 21.3 Å². The second-order valence-electron chi connectivity index (χ2n) is 5.32. The molecule has 0 fully saturated rings. The lowest BCUT2D eigenvalue weighted by Crippen LogP contribution is -2.29. The number of alkyl carbamates (subject to hydrolysis) is 1. The van der Waals surface area contributed by atoms with E-state index >= 15 is 0 Å². The lowest BCUT2D eigenvalue weighted by molar-refractivity contribution is 0.140. The van der Waals surface area contributed by atoms with Crippen LogP contribution in [0.3, 0.4) is 0 Å². The highest BCUT2D eigenvalue weighted by atomic mass is 32.2. The number of ether oxygens (including phenoxy) is 3. The van der Waals surface area contributed by atoms with Gasteiger partial charge in [0, 0.05) is 12.6 Å². The topological polar surface area (TPSA) is 90.9 Å². The Morgan fingerprint density at radius 2 is 1.69 bits per heavy atom. The summed E-state index contributed by atoms with van der Waals surface area (Å²) in [7, 11) is -0.688. The lowest BCUT2D eigenvalue weighted by atomic mass is 10.2. The summed E-state index contributed by atoms with van der Waals surface area (Å²) >= 11 is 0. The minimum Gasteiger partial charge on any atom is -0.493 e. The molecule has 7 nitrogen and oxygen atoms in total. The summed E-state index contributed by atoms with van der Waals surface area (Å²) in [6.07, 6.45) is -0.670. The van der Waals surface area contributed by atoms with E-state index in [4.69, 9.17) is 14.2 Å². The zero-order valence-corrected chi connectivity index (χ0v) is 15.4. The minimum atomic E-state index is -3.59. The maximum absolute atomic E-state index is 12.4. The quantitative estimate of drug-likeness (QED) is 0.757. The minimum absolute atomic E-state index is 0.0652. The van der Waals surface area contributed by atoms with Crippen LogP contribution < -0.4 is 14.8 Å². The molecule has 0 spiro atoms. The van der Waals surface area contributed by atoms with Crippen LogP contribution in [0.4, 0.5) is 4.79 Å². The molecule has 0 radical (unpaired) electrons. The van der Waals surface area contributed by atoms with E-state index in [0.717, 1.165) is 5.56 Å². The molecule has 2 rings (SSSR count). The number of sulfone groups is 1. The second kappa shape index (κ2) is 9.10. The molecule has 0 saturated heterocycles. The maximum Gasteiger partial charge on any atom is 0.407 e. The van der Waals surface area contributed by atoms with Gasteiger partial charge in [0.1, 0.15) is 6.61 Å². The van der Waals surface area contributed by atoms with Crippen molar-refractivity contribution in [2.75, 3.05) is 26.5 Å². The predicted molar refractivity (Wildman–Crippen MR) is 96.2 cm³/mol. The number of hydrogen-bond donors (Lipinski definition) is 1. The Hall–Kier alpha value is -2.74. The van der Waals surface area contributed by atoms with Crippen molar-refractivity contribution < 1.29 is 27.4 Å². The summed E-state index contributed by atoms with van der Waals surface area (Å²) in [6, 6.07) is 13.5. The summed E-state index contributed by atoms with van der Waals surface area (Å²) in [5, 5.41) is 2.43. The van der Waals surface area contributed by atoms with Gasteiger partial charge < -0.3 is 19.5 Å². The third-order valence-corrected chi connectivity index (χ3v) is 5.28. The summed E-state index contributed by atoms with van der Waals surface area (Å²) in [5.74, 6) is 0.501. The van der Waals surface area contributed by atoms with Crippen LogP contribution in [0, 0.1) is 0 Å². The highest BCUT2D eigenvalue weighted by molar-refractivity contribution is 7.91. The Kier molecular flexibility index (Phi) is 6.85. The van der Waals surface area contributed by atoms with E-state index in [1.54, 1.807) is 0 Å². The van der Waals surface area contributed by atoms with Crippen LogP contribution in [-0.4, -0.2) is 41.0 Å². The van der Waals surface area contributed by atoms with Gasteiger partial charge in [-0.15, -0.1) is 0 Å². The number of nitrogens with one attached hydrogen (secondary N) is 1. The highest BCUT2D eigenvalue weighted by Crippen LogP contribution is 2.29. The van der Waals surface area contributed by atoms with Gasteiger partial charge in [0.25, 0.3) is 0 Å². The Labute approximate surface area is 152 Å².